The molecule has 0 bridgehead atoms. The molecular weight excluding hydrogens is 260 g/mol. The summed E-state index contributed by atoms with van der Waals surface area (Å²) in [6, 6.07) is -0.250. The maximum absolute atomic E-state index is 12.1. The quantitative estimate of drug-likeness (QED) is 0.835. The number of aliphatic carboxylic acids is 1. The highest BCUT2D eigenvalue weighted by molar-refractivity contribution is 5.80. The summed E-state index contributed by atoms with van der Waals surface area (Å²) in [4.78, 5) is 24.3. The van der Waals surface area contributed by atoms with Crippen LogP contribution in [-0.4, -0.2) is 44.4 Å². The Morgan fingerprint density at radius 3 is 2.55 bits per heavy atom. The molecule has 1 fully saturated rings. The summed E-state index contributed by atoms with van der Waals surface area (Å²) in [5.41, 5.74) is 2.85. The van der Waals surface area contributed by atoms with Gasteiger partial charge in [0, 0.05) is 30.9 Å². The van der Waals surface area contributed by atoms with E-state index in [4.69, 9.17) is 5.11 Å². The van der Waals surface area contributed by atoms with Gasteiger partial charge >= 0.3 is 12.0 Å². The fraction of sp³-hybridized carbons (Fsp3) is 0.615. The van der Waals surface area contributed by atoms with Crippen molar-refractivity contribution in [2.75, 3.05) is 6.54 Å². The highest BCUT2D eigenvalue weighted by Crippen LogP contribution is 2.26. The first kappa shape index (κ1) is 14.4. The predicted octanol–water partition coefficient (Wildman–Crippen LogP) is 0.796. The van der Waals surface area contributed by atoms with Gasteiger partial charge in [-0.05, 0) is 26.7 Å². The zero-order chi connectivity index (χ0) is 14.9. The van der Waals surface area contributed by atoms with Gasteiger partial charge in [0.15, 0.2) is 0 Å². The molecule has 0 atom stereocenters. The molecule has 1 saturated carbocycles. The Labute approximate surface area is 117 Å². The van der Waals surface area contributed by atoms with Gasteiger partial charge < -0.3 is 15.3 Å². The molecule has 0 aromatic carbocycles. The number of hydrogen-bond acceptors (Lipinski definition) is 3. The number of amides is 2. The molecular formula is C13H20N4O3. The average Bonchev–Trinajstić information content (AvgIpc) is 3.15. The van der Waals surface area contributed by atoms with Crippen LogP contribution in [-0.2, 0) is 18.4 Å². The third-order valence-electron chi connectivity index (χ3n) is 3.63. The van der Waals surface area contributed by atoms with Crippen molar-refractivity contribution in [2.24, 2.45) is 7.05 Å². The maximum atomic E-state index is 12.1. The highest BCUT2D eigenvalue weighted by atomic mass is 16.4. The number of nitrogens with one attached hydrogen (secondary N) is 1. The number of nitrogens with zero attached hydrogens (tertiary/aromatic N) is 3. The minimum absolute atomic E-state index is 0.0715. The standard InChI is InChI=1S/C13H20N4O3/c1-8-11(9(2)16(3)15-8)6-14-13(20)17(7-12(18)19)10-4-5-10/h10H,4-7H2,1-3H3,(H,14,20)(H,18,19). The molecule has 2 rings (SSSR count). The molecule has 0 aliphatic heterocycles. The lowest BCUT2D eigenvalue weighted by Gasteiger charge is -2.20. The van der Waals surface area contributed by atoms with Crippen LogP contribution < -0.4 is 5.32 Å². The monoisotopic (exact) mass is 280 g/mol. The van der Waals surface area contributed by atoms with Crippen LogP contribution >= 0.6 is 0 Å². The fourth-order valence-corrected chi connectivity index (χ4v) is 2.24. The molecule has 1 aliphatic carbocycles. The Balaban J connectivity index is 1.98. The van der Waals surface area contributed by atoms with Gasteiger partial charge in [0.05, 0.1) is 5.69 Å². The molecule has 1 aliphatic rings. The van der Waals surface area contributed by atoms with Gasteiger partial charge in [0.25, 0.3) is 0 Å². The summed E-state index contributed by atoms with van der Waals surface area (Å²) in [6.07, 6.45) is 1.76. The predicted molar refractivity (Wildman–Crippen MR) is 72.3 cm³/mol. The Bertz CT molecular complexity index is 534. The molecule has 20 heavy (non-hydrogen) atoms. The number of aromatic nitrogens is 2. The van der Waals surface area contributed by atoms with E-state index in [9.17, 15) is 9.59 Å². The van der Waals surface area contributed by atoms with Crippen LogP contribution in [0.15, 0.2) is 0 Å². The Morgan fingerprint density at radius 2 is 2.10 bits per heavy atom. The van der Waals surface area contributed by atoms with E-state index >= 15 is 0 Å². The van der Waals surface area contributed by atoms with Crippen molar-refractivity contribution in [2.45, 2.75) is 39.3 Å². The largest absolute Gasteiger partial charge is 0.480 e. The van der Waals surface area contributed by atoms with Crippen LogP contribution in [0.25, 0.3) is 0 Å². The molecule has 7 nitrogen and oxygen atoms in total. The van der Waals surface area contributed by atoms with Crippen LogP contribution in [0.5, 0.6) is 0 Å². The average molecular weight is 280 g/mol. The minimum Gasteiger partial charge on any atom is -0.480 e. The van der Waals surface area contributed by atoms with Crippen molar-refractivity contribution in [3.63, 3.8) is 0 Å². The zero-order valence-corrected chi connectivity index (χ0v) is 12.0. The van der Waals surface area contributed by atoms with E-state index in [0.29, 0.717) is 6.54 Å². The van der Waals surface area contributed by atoms with Crippen LogP contribution in [0.4, 0.5) is 4.79 Å². The number of rotatable bonds is 5. The van der Waals surface area contributed by atoms with Crippen molar-refractivity contribution < 1.29 is 14.7 Å². The van der Waals surface area contributed by atoms with Gasteiger partial charge in [-0.3, -0.25) is 9.48 Å². The lowest BCUT2D eigenvalue weighted by Crippen LogP contribution is -2.43. The molecule has 1 heterocycles. The van der Waals surface area contributed by atoms with Gasteiger partial charge in [-0.25, -0.2) is 4.79 Å². The molecule has 1 aromatic rings. The maximum Gasteiger partial charge on any atom is 0.323 e. The van der Waals surface area contributed by atoms with Crippen molar-refractivity contribution in [3.8, 4) is 0 Å². The summed E-state index contributed by atoms with van der Waals surface area (Å²) in [5, 5.41) is 15.9. The molecule has 0 spiro atoms. The van der Waals surface area contributed by atoms with E-state index in [1.807, 2.05) is 20.9 Å². The molecule has 2 amide bonds. The number of urea groups is 1. The number of carboxylic acids is 1. The van der Waals surface area contributed by atoms with Crippen LogP contribution in [0.3, 0.4) is 0 Å². The number of carboxylic acid groups (broad SMARTS) is 1. The third-order valence-corrected chi connectivity index (χ3v) is 3.63. The summed E-state index contributed by atoms with van der Waals surface area (Å²) >= 11 is 0. The van der Waals surface area contributed by atoms with E-state index in [1.165, 1.54) is 4.90 Å². The molecule has 1 aromatic heterocycles. The van der Waals surface area contributed by atoms with E-state index < -0.39 is 5.97 Å². The second-order valence-corrected chi connectivity index (χ2v) is 5.18. The zero-order valence-electron chi connectivity index (χ0n) is 12.0. The van der Waals surface area contributed by atoms with Crippen molar-refractivity contribution in [1.29, 1.82) is 0 Å². The Kier molecular flexibility index (Phi) is 3.96. The lowest BCUT2D eigenvalue weighted by atomic mass is 10.2. The number of carbonyl (C=O) groups is 2. The molecule has 0 radical (unpaired) electrons. The normalized spacial score (nSPS) is 14.2. The fourth-order valence-electron chi connectivity index (χ4n) is 2.24. The lowest BCUT2D eigenvalue weighted by molar-refractivity contribution is -0.137. The molecule has 2 N–H and O–H groups in total. The van der Waals surface area contributed by atoms with Gasteiger partial charge in [-0.2, -0.15) is 5.10 Å². The molecule has 7 heteroatoms. The number of carbonyl (C=O) groups excluding carboxylic acids is 1. The van der Waals surface area contributed by atoms with E-state index in [-0.39, 0.29) is 18.6 Å². The first-order valence-electron chi connectivity index (χ1n) is 6.65. The topological polar surface area (TPSA) is 87.5 Å². The Morgan fingerprint density at radius 1 is 1.45 bits per heavy atom. The molecule has 0 saturated heterocycles. The van der Waals surface area contributed by atoms with Crippen molar-refractivity contribution in [1.82, 2.24) is 20.0 Å². The van der Waals surface area contributed by atoms with Gasteiger partial charge in [-0.15, -0.1) is 0 Å². The summed E-state index contributed by atoms with van der Waals surface area (Å²) in [5.74, 6) is -0.985. The van der Waals surface area contributed by atoms with Crippen LogP contribution in [0.2, 0.25) is 0 Å². The summed E-state index contributed by atoms with van der Waals surface area (Å²) < 4.78 is 1.77. The number of hydrogen-bond donors (Lipinski definition) is 2. The molecule has 0 unspecified atom stereocenters. The van der Waals surface area contributed by atoms with Crippen LogP contribution in [0, 0.1) is 13.8 Å². The molecule has 110 valence electrons. The number of aryl methyl sites for hydroxylation is 2. The van der Waals surface area contributed by atoms with Crippen LogP contribution in [0.1, 0.15) is 29.8 Å². The summed E-state index contributed by atoms with van der Waals surface area (Å²) in [7, 11) is 1.86. The second kappa shape index (κ2) is 5.52. The minimum atomic E-state index is -0.985. The first-order valence-corrected chi connectivity index (χ1v) is 6.65. The first-order chi connectivity index (χ1) is 9.40. The second-order valence-electron chi connectivity index (χ2n) is 5.18. The Hall–Kier alpha value is -2.05. The SMILES string of the molecule is Cc1nn(C)c(C)c1CNC(=O)N(CC(=O)O)C1CC1. The van der Waals surface area contributed by atoms with E-state index in [0.717, 1.165) is 29.8 Å². The van der Waals surface area contributed by atoms with Gasteiger partial charge in [0.2, 0.25) is 0 Å². The van der Waals surface area contributed by atoms with Crippen molar-refractivity contribution >= 4 is 12.0 Å². The van der Waals surface area contributed by atoms with E-state index in [1.54, 1.807) is 4.68 Å². The third kappa shape index (κ3) is 3.09. The van der Waals surface area contributed by atoms with Gasteiger partial charge in [-0.1, -0.05) is 0 Å². The highest BCUT2D eigenvalue weighted by Gasteiger charge is 2.33. The smallest absolute Gasteiger partial charge is 0.323 e. The van der Waals surface area contributed by atoms with Crippen molar-refractivity contribution in [3.05, 3.63) is 17.0 Å². The van der Waals surface area contributed by atoms with E-state index in [2.05, 4.69) is 10.4 Å². The summed E-state index contributed by atoms with van der Waals surface area (Å²) in [6.45, 7) is 3.95. The van der Waals surface area contributed by atoms with Gasteiger partial charge in [0.1, 0.15) is 6.54 Å².